The third-order valence-corrected chi connectivity index (χ3v) is 6.26. The molecular weight excluding hydrogens is 416 g/mol. The quantitative estimate of drug-likeness (QED) is 0.736. The first-order valence-corrected chi connectivity index (χ1v) is 11.6. The molecule has 0 aromatic heterocycles. The second-order valence-corrected chi connectivity index (χ2v) is 8.83. The Hall–Kier alpha value is -3.03. The van der Waals surface area contributed by atoms with Crippen molar-refractivity contribution in [2.75, 3.05) is 37.9 Å². The third-order valence-electron chi connectivity index (χ3n) is 6.26. The number of rotatable bonds is 6. The number of nitrogens with zero attached hydrogens (tertiary/aromatic N) is 3. The molecule has 33 heavy (non-hydrogen) atoms. The van der Waals surface area contributed by atoms with Crippen molar-refractivity contribution >= 4 is 23.2 Å². The fourth-order valence-electron chi connectivity index (χ4n) is 4.37. The Morgan fingerprint density at radius 3 is 2.58 bits per heavy atom. The molecule has 7 nitrogen and oxygen atoms in total. The standard InChI is InChI=1S/C26H32N4O3/c1-18-5-4-6-21(15-18)24(29-11-13-33-14-12-29)17-27-26(32)22-9-10-25(31)30(28-22)23-16-19(2)7-8-20(23)3/h4-8,15-16,24H,9-14,17H2,1-3H3,(H,27,32). The van der Waals surface area contributed by atoms with Crippen LogP contribution < -0.4 is 10.3 Å². The predicted molar refractivity (Wildman–Crippen MR) is 129 cm³/mol. The van der Waals surface area contributed by atoms with Crippen molar-refractivity contribution in [1.82, 2.24) is 10.2 Å². The number of benzene rings is 2. The maximum atomic E-state index is 13.1. The molecule has 1 unspecified atom stereocenters. The summed E-state index contributed by atoms with van der Waals surface area (Å²) in [6.45, 7) is 9.50. The van der Waals surface area contributed by atoms with Crippen molar-refractivity contribution in [2.24, 2.45) is 5.10 Å². The van der Waals surface area contributed by atoms with Crippen LogP contribution in [0, 0.1) is 20.8 Å². The van der Waals surface area contributed by atoms with Crippen LogP contribution in [0.2, 0.25) is 0 Å². The molecule has 2 aliphatic heterocycles. The lowest BCUT2D eigenvalue weighted by Gasteiger charge is -2.35. The lowest BCUT2D eigenvalue weighted by Crippen LogP contribution is -2.46. The molecule has 2 aromatic carbocycles. The maximum absolute atomic E-state index is 13.1. The van der Waals surface area contributed by atoms with E-state index in [1.54, 1.807) is 0 Å². The molecule has 2 heterocycles. The van der Waals surface area contributed by atoms with Crippen LogP contribution in [-0.4, -0.2) is 55.3 Å². The van der Waals surface area contributed by atoms with Crippen LogP contribution in [0.4, 0.5) is 5.69 Å². The molecule has 0 aliphatic carbocycles. The van der Waals surface area contributed by atoms with Gasteiger partial charge in [0.25, 0.3) is 5.91 Å². The lowest BCUT2D eigenvalue weighted by molar-refractivity contribution is -0.119. The van der Waals surface area contributed by atoms with E-state index < -0.39 is 0 Å². The first-order valence-electron chi connectivity index (χ1n) is 11.6. The largest absolute Gasteiger partial charge is 0.379 e. The predicted octanol–water partition coefficient (Wildman–Crippen LogP) is 3.28. The van der Waals surface area contributed by atoms with Crippen molar-refractivity contribution in [3.63, 3.8) is 0 Å². The summed E-state index contributed by atoms with van der Waals surface area (Å²) in [5.41, 5.74) is 5.48. The van der Waals surface area contributed by atoms with E-state index >= 15 is 0 Å². The average Bonchev–Trinajstić information content (AvgIpc) is 2.82. The van der Waals surface area contributed by atoms with Crippen molar-refractivity contribution in [2.45, 2.75) is 39.7 Å². The van der Waals surface area contributed by atoms with E-state index in [2.05, 4.69) is 46.5 Å². The molecule has 4 rings (SSSR count). The summed E-state index contributed by atoms with van der Waals surface area (Å²) in [5.74, 6) is -0.310. The summed E-state index contributed by atoms with van der Waals surface area (Å²) in [6.07, 6.45) is 0.614. The maximum Gasteiger partial charge on any atom is 0.267 e. The minimum absolute atomic E-state index is 0.0543. The molecule has 1 atom stereocenters. The van der Waals surface area contributed by atoms with Crippen LogP contribution in [0.15, 0.2) is 47.6 Å². The minimum atomic E-state index is -0.219. The van der Waals surface area contributed by atoms with E-state index in [0.29, 0.717) is 31.9 Å². The summed E-state index contributed by atoms with van der Waals surface area (Å²) in [7, 11) is 0. The van der Waals surface area contributed by atoms with Gasteiger partial charge in [0.2, 0.25) is 5.91 Å². The minimum Gasteiger partial charge on any atom is -0.379 e. The van der Waals surface area contributed by atoms with Crippen LogP contribution in [0.25, 0.3) is 0 Å². The summed E-state index contributed by atoms with van der Waals surface area (Å²) in [4.78, 5) is 28.0. The summed E-state index contributed by atoms with van der Waals surface area (Å²) in [6, 6.07) is 14.4. The molecule has 2 amide bonds. The van der Waals surface area contributed by atoms with Gasteiger partial charge >= 0.3 is 0 Å². The van der Waals surface area contributed by atoms with Gasteiger partial charge < -0.3 is 10.1 Å². The monoisotopic (exact) mass is 448 g/mol. The number of hydrogen-bond acceptors (Lipinski definition) is 5. The molecule has 0 bridgehead atoms. The van der Waals surface area contributed by atoms with E-state index in [1.807, 2.05) is 32.0 Å². The summed E-state index contributed by atoms with van der Waals surface area (Å²) < 4.78 is 5.53. The zero-order chi connectivity index (χ0) is 23.4. The summed E-state index contributed by atoms with van der Waals surface area (Å²) in [5, 5.41) is 8.95. The number of amides is 2. The van der Waals surface area contributed by atoms with Gasteiger partial charge in [-0.15, -0.1) is 0 Å². The zero-order valence-corrected chi connectivity index (χ0v) is 19.6. The highest BCUT2D eigenvalue weighted by atomic mass is 16.5. The van der Waals surface area contributed by atoms with E-state index in [-0.39, 0.29) is 24.3 Å². The molecule has 1 fully saturated rings. The van der Waals surface area contributed by atoms with Crippen LogP contribution in [-0.2, 0) is 14.3 Å². The van der Waals surface area contributed by atoms with Gasteiger partial charge in [0.15, 0.2) is 0 Å². The lowest BCUT2D eigenvalue weighted by atomic mass is 10.0. The van der Waals surface area contributed by atoms with Crippen molar-refractivity contribution in [3.05, 3.63) is 64.7 Å². The number of carbonyl (C=O) groups excluding carboxylic acids is 2. The molecule has 1 saturated heterocycles. The van der Waals surface area contributed by atoms with Crippen LogP contribution in [0.1, 0.15) is 41.1 Å². The molecule has 1 N–H and O–H groups in total. The van der Waals surface area contributed by atoms with Gasteiger partial charge in [0, 0.05) is 32.5 Å². The Morgan fingerprint density at radius 1 is 1.06 bits per heavy atom. The van der Waals surface area contributed by atoms with Gasteiger partial charge in [-0.05, 0) is 43.5 Å². The average molecular weight is 449 g/mol. The van der Waals surface area contributed by atoms with Gasteiger partial charge in [-0.25, -0.2) is 5.01 Å². The Labute approximate surface area is 195 Å². The second-order valence-electron chi connectivity index (χ2n) is 8.83. The van der Waals surface area contributed by atoms with E-state index in [4.69, 9.17) is 4.74 Å². The Balaban J connectivity index is 1.52. The van der Waals surface area contributed by atoms with Gasteiger partial charge in [0.05, 0.1) is 24.9 Å². The van der Waals surface area contributed by atoms with Crippen LogP contribution in [0.5, 0.6) is 0 Å². The van der Waals surface area contributed by atoms with E-state index in [9.17, 15) is 9.59 Å². The Bertz CT molecular complexity index is 1060. The number of anilines is 1. The molecular formula is C26H32N4O3. The highest BCUT2D eigenvalue weighted by Crippen LogP contribution is 2.26. The third kappa shape index (κ3) is 5.49. The van der Waals surface area contributed by atoms with Crippen LogP contribution >= 0.6 is 0 Å². The number of hydrazone groups is 1. The van der Waals surface area contributed by atoms with Gasteiger partial charge in [0.1, 0.15) is 5.71 Å². The highest BCUT2D eigenvalue weighted by Gasteiger charge is 2.28. The van der Waals surface area contributed by atoms with Crippen molar-refractivity contribution in [1.29, 1.82) is 0 Å². The van der Waals surface area contributed by atoms with Gasteiger partial charge in [-0.1, -0.05) is 42.0 Å². The summed E-state index contributed by atoms with van der Waals surface area (Å²) >= 11 is 0. The zero-order valence-electron chi connectivity index (χ0n) is 19.6. The van der Waals surface area contributed by atoms with E-state index in [0.717, 1.165) is 29.9 Å². The Morgan fingerprint density at radius 2 is 1.82 bits per heavy atom. The first-order chi connectivity index (χ1) is 15.9. The van der Waals surface area contributed by atoms with Crippen molar-refractivity contribution < 1.29 is 14.3 Å². The molecule has 0 radical (unpaired) electrons. The fraction of sp³-hybridized carbons (Fsp3) is 0.423. The van der Waals surface area contributed by atoms with Gasteiger partial charge in [-0.2, -0.15) is 5.10 Å². The number of nitrogens with one attached hydrogen (secondary N) is 1. The van der Waals surface area contributed by atoms with Crippen LogP contribution in [0.3, 0.4) is 0 Å². The number of carbonyl (C=O) groups is 2. The smallest absolute Gasteiger partial charge is 0.267 e. The SMILES string of the molecule is Cc1cccc(C(CNC(=O)C2=NN(c3cc(C)ccc3C)C(=O)CC2)N2CCOCC2)c1. The molecule has 0 spiro atoms. The second kappa shape index (κ2) is 10.3. The molecule has 2 aliphatic rings. The number of aryl methyl sites for hydroxylation is 3. The molecule has 2 aromatic rings. The molecule has 0 saturated carbocycles. The van der Waals surface area contributed by atoms with Crippen molar-refractivity contribution in [3.8, 4) is 0 Å². The molecule has 174 valence electrons. The number of morpholine rings is 1. The number of hydrogen-bond donors (Lipinski definition) is 1. The first kappa shape index (κ1) is 23.1. The normalized spacial score (nSPS) is 18.1. The molecule has 7 heteroatoms. The van der Waals surface area contributed by atoms with E-state index in [1.165, 1.54) is 16.1 Å². The highest BCUT2D eigenvalue weighted by molar-refractivity contribution is 6.40. The number of ether oxygens (including phenoxy) is 1. The van der Waals surface area contributed by atoms with Gasteiger partial charge in [-0.3, -0.25) is 14.5 Å². The topological polar surface area (TPSA) is 74.2 Å². The fourth-order valence-corrected chi connectivity index (χ4v) is 4.37. The Kier molecular flexibility index (Phi) is 7.20.